The first-order valence-electron chi connectivity index (χ1n) is 14.2. The van der Waals surface area contributed by atoms with Crippen LogP contribution in [0, 0.1) is 5.82 Å². The monoisotopic (exact) mass is 625 g/mol. The van der Waals surface area contributed by atoms with Crippen LogP contribution in [-0.2, 0) is 6.54 Å². The third-order valence-electron chi connectivity index (χ3n) is 7.41. The van der Waals surface area contributed by atoms with Crippen LogP contribution in [0.4, 0.5) is 34.9 Å². The van der Waals surface area contributed by atoms with Gasteiger partial charge in [-0.25, -0.2) is 9.37 Å². The SMILES string of the molecule is CN(C)C(=O)c1cc2cnc(Nc3ccc(NC4CCNCC4)cc3)nc2n(Cc2c(F)cccc2C(=O)CC(F)(F)F)c1=O. The number of amides is 1. The normalized spacial score (nSPS) is 13.9. The number of benzene rings is 2. The van der Waals surface area contributed by atoms with Crippen LogP contribution < -0.4 is 21.5 Å². The molecule has 0 saturated carbocycles. The van der Waals surface area contributed by atoms with Crippen molar-refractivity contribution < 1.29 is 27.2 Å². The number of carbonyl (C=O) groups excluding carboxylic acids is 2. The van der Waals surface area contributed by atoms with Crippen LogP contribution in [0.2, 0.25) is 0 Å². The fourth-order valence-corrected chi connectivity index (χ4v) is 5.16. The molecule has 0 spiro atoms. The number of hydrogen-bond donors (Lipinski definition) is 3. The van der Waals surface area contributed by atoms with Crippen molar-refractivity contribution in [3.63, 3.8) is 0 Å². The summed E-state index contributed by atoms with van der Waals surface area (Å²) in [6.07, 6.45) is -3.23. The molecule has 1 saturated heterocycles. The van der Waals surface area contributed by atoms with Gasteiger partial charge < -0.3 is 20.9 Å². The zero-order chi connectivity index (χ0) is 32.3. The van der Waals surface area contributed by atoms with E-state index in [2.05, 4.69) is 25.9 Å². The number of nitrogens with one attached hydrogen (secondary N) is 3. The van der Waals surface area contributed by atoms with Crippen LogP contribution >= 0.6 is 0 Å². The Morgan fingerprint density at radius 3 is 2.40 bits per heavy atom. The van der Waals surface area contributed by atoms with E-state index in [0.29, 0.717) is 11.7 Å². The second kappa shape index (κ2) is 13.0. The molecular weight excluding hydrogens is 594 g/mol. The predicted molar refractivity (Wildman–Crippen MR) is 162 cm³/mol. The fraction of sp³-hybridized carbons (Fsp3) is 0.323. The minimum Gasteiger partial charge on any atom is -0.382 e. The molecule has 14 heteroatoms. The molecule has 0 atom stereocenters. The highest BCUT2D eigenvalue weighted by molar-refractivity contribution is 5.98. The molecular formula is C31H31F4N7O3. The summed E-state index contributed by atoms with van der Waals surface area (Å²) in [5, 5.41) is 10.1. The van der Waals surface area contributed by atoms with E-state index in [1.165, 1.54) is 31.3 Å². The number of carbonyl (C=O) groups is 2. The maximum absolute atomic E-state index is 15.1. The minimum absolute atomic E-state index is 0.0190. The molecule has 2 aromatic carbocycles. The molecule has 10 nitrogen and oxygen atoms in total. The molecule has 1 aliphatic heterocycles. The molecule has 0 aliphatic carbocycles. The third kappa shape index (κ3) is 7.45. The number of nitrogens with zero attached hydrogens (tertiary/aromatic N) is 4. The summed E-state index contributed by atoms with van der Waals surface area (Å²) in [5.41, 5.74) is -0.552. The highest BCUT2D eigenvalue weighted by Gasteiger charge is 2.33. The quantitative estimate of drug-likeness (QED) is 0.181. The van der Waals surface area contributed by atoms with Gasteiger partial charge in [-0.1, -0.05) is 12.1 Å². The number of piperidine rings is 1. The second-order valence-corrected chi connectivity index (χ2v) is 11.0. The van der Waals surface area contributed by atoms with E-state index in [0.717, 1.165) is 54.4 Å². The van der Waals surface area contributed by atoms with Gasteiger partial charge in [-0.2, -0.15) is 18.2 Å². The Bertz CT molecular complexity index is 1780. The Morgan fingerprint density at radius 1 is 1.04 bits per heavy atom. The first-order valence-corrected chi connectivity index (χ1v) is 14.2. The van der Waals surface area contributed by atoms with E-state index in [-0.39, 0.29) is 22.5 Å². The van der Waals surface area contributed by atoms with Gasteiger partial charge in [0.15, 0.2) is 5.78 Å². The summed E-state index contributed by atoms with van der Waals surface area (Å²) in [5.74, 6) is -2.93. The molecule has 4 aromatic rings. The van der Waals surface area contributed by atoms with Gasteiger partial charge in [0.05, 0.1) is 6.54 Å². The highest BCUT2D eigenvalue weighted by atomic mass is 19.4. The van der Waals surface area contributed by atoms with Crippen molar-refractivity contribution in [2.24, 2.45) is 0 Å². The summed E-state index contributed by atoms with van der Waals surface area (Å²) in [6.45, 7) is 1.24. The molecule has 1 fully saturated rings. The van der Waals surface area contributed by atoms with Crippen LogP contribution in [0.3, 0.4) is 0 Å². The third-order valence-corrected chi connectivity index (χ3v) is 7.41. The van der Waals surface area contributed by atoms with Gasteiger partial charge in [-0.3, -0.25) is 19.0 Å². The van der Waals surface area contributed by atoms with E-state index >= 15 is 4.39 Å². The van der Waals surface area contributed by atoms with Crippen LogP contribution in [0.1, 0.15) is 45.5 Å². The number of halogens is 4. The number of anilines is 3. The lowest BCUT2D eigenvalue weighted by molar-refractivity contribution is -0.125. The Labute approximate surface area is 255 Å². The van der Waals surface area contributed by atoms with Crippen LogP contribution in [-0.4, -0.2) is 70.5 Å². The van der Waals surface area contributed by atoms with Crippen molar-refractivity contribution >= 4 is 40.0 Å². The number of hydrogen-bond acceptors (Lipinski definition) is 8. The number of aromatic nitrogens is 3. The van der Waals surface area contributed by atoms with Gasteiger partial charge in [0.1, 0.15) is 23.4 Å². The summed E-state index contributed by atoms with van der Waals surface area (Å²) >= 11 is 0. The largest absolute Gasteiger partial charge is 0.396 e. The first-order chi connectivity index (χ1) is 21.4. The molecule has 2 aromatic heterocycles. The average molecular weight is 626 g/mol. The summed E-state index contributed by atoms with van der Waals surface area (Å²) < 4.78 is 55.2. The Balaban J connectivity index is 1.52. The topological polar surface area (TPSA) is 121 Å². The maximum Gasteiger partial charge on any atom is 0.396 e. The first kappa shape index (κ1) is 31.6. The Hall–Kier alpha value is -4.85. The van der Waals surface area contributed by atoms with Gasteiger partial charge in [0.25, 0.3) is 11.5 Å². The predicted octanol–water partition coefficient (Wildman–Crippen LogP) is 4.72. The number of pyridine rings is 1. The molecule has 0 bridgehead atoms. The van der Waals surface area contributed by atoms with E-state index in [1.807, 2.05) is 24.3 Å². The van der Waals surface area contributed by atoms with Crippen LogP contribution in [0.15, 0.2) is 59.5 Å². The average Bonchev–Trinajstić information content (AvgIpc) is 2.99. The Morgan fingerprint density at radius 2 is 1.73 bits per heavy atom. The van der Waals surface area contributed by atoms with Crippen LogP contribution in [0.5, 0.6) is 0 Å². The van der Waals surface area contributed by atoms with E-state index in [1.54, 1.807) is 0 Å². The lowest BCUT2D eigenvalue weighted by Crippen LogP contribution is -2.35. The van der Waals surface area contributed by atoms with Gasteiger partial charge >= 0.3 is 6.18 Å². The highest BCUT2D eigenvalue weighted by Crippen LogP contribution is 2.26. The summed E-state index contributed by atoms with van der Waals surface area (Å²) in [4.78, 5) is 49.0. The standard InChI is InChI=1S/C31H31F4N7O3/c1-41(2)28(44)23-14-18-16-37-30(39-20-8-6-19(7-9-20)38-21-10-12-36-13-11-21)40-27(18)42(29(23)45)17-24-22(4-3-5-25(24)32)26(43)15-31(33,34)35/h3-9,14,16,21,36,38H,10-13,15,17H2,1-2H3,(H,37,39,40). The van der Waals surface area contributed by atoms with E-state index < -0.39 is 53.3 Å². The molecule has 1 aliphatic rings. The summed E-state index contributed by atoms with van der Waals surface area (Å²) in [7, 11) is 2.88. The van der Waals surface area contributed by atoms with E-state index in [4.69, 9.17) is 0 Å². The fourth-order valence-electron chi connectivity index (χ4n) is 5.16. The van der Waals surface area contributed by atoms with Gasteiger partial charge in [-0.15, -0.1) is 0 Å². The molecule has 1 amide bonds. The molecule has 3 N–H and O–H groups in total. The zero-order valence-corrected chi connectivity index (χ0v) is 24.5. The number of ketones is 1. The van der Waals surface area contributed by atoms with Crippen molar-refractivity contribution in [1.82, 2.24) is 24.8 Å². The van der Waals surface area contributed by atoms with Gasteiger partial charge in [0.2, 0.25) is 5.95 Å². The molecule has 0 radical (unpaired) electrons. The lowest BCUT2D eigenvalue weighted by Gasteiger charge is -2.24. The number of fused-ring (bicyclic) bond motifs is 1. The molecule has 3 heterocycles. The number of alkyl halides is 3. The van der Waals surface area contributed by atoms with Gasteiger partial charge in [-0.05, 0) is 62.3 Å². The van der Waals surface area contributed by atoms with Crippen molar-refractivity contribution in [2.45, 2.75) is 38.0 Å². The molecule has 0 unspecified atom stereocenters. The molecule has 45 heavy (non-hydrogen) atoms. The molecule has 5 rings (SSSR count). The van der Waals surface area contributed by atoms with E-state index in [9.17, 15) is 27.6 Å². The number of Topliss-reactive ketones (excluding diaryl/α,β-unsaturated/α-hetero) is 1. The van der Waals surface area contributed by atoms with Crippen LogP contribution in [0.25, 0.3) is 11.0 Å². The van der Waals surface area contributed by atoms with Gasteiger partial charge in [0, 0.05) is 54.2 Å². The summed E-state index contributed by atoms with van der Waals surface area (Å²) in [6, 6.07) is 12.3. The van der Waals surface area contributed by atoms with Crippen molar-refractivity contribution in [1.29, 1.82) is 0 Å². The smallest absolute Gasteiger partial charge is 0.382 e. The Kier molecular flexibility index (Phi) is 9.14. The van der Waals surface area contributed by atoms with Crippen molar-refractivity contribution in [2.75, 3.05) is 37.8 Å². The second-order valence-electron chi connectivity index (χ2n) is 11.0. The number of rotatable bonds is 9. The minimum atomic E-state index is -4.82. The van der Waals surface area contributed by atoms with Crippen molar-refractivity contribution in [3.05, 3.63) is 87.6 Å². The maximum atomic E-state index is 15.1. The molecule has 236 valence electrons. The lowest BCUT2D eigenvalue weighted by atomic mass is 10.0. The van der Waals surface area contributed by atoms with Crippen molar-refractivity contribution in [3.8, 4) is 0 Å². The zero-order valence-electron chi connectivity index (χ0n) is 24.5.